The van der Waals surface area contributed by atoms with Crippen LogP contribution in [0.1, 0.15) is 12.8 Å². The maximum absolute atomic E-state index is 11.9. The molecule has 2 aromatic rings. The minimum Gasteiger partial charge on any atom is -0.408 e. The number of carbonyl (C=O) groups excluding carboxylic acids is 1. The van der Waals surface area contributed by atoms with Crippen LogP contribution in [0.3, 0.4) is 0 Å². The van der Waals surface area contributed by atoms with Gasteiger partial charge in [0.25, 0.3) is 0 Å². The van der Waals surface area contributed by atoms with Gasteiger partial charge in [-0.05, 0) is 25.0 Å². The Balaban J connectivity index is 1.86. The van der Waals surface area contributed by atoms with Gasteiger partial charge in [0.2, 0.25) is 5.91 Å². The number of nitrogens with one attached hydrogen (secondary N) is 2. The number of rotatable bonds is 3. The van der Waals surface area contributed by atoms with E-state index in [1.165, 1.54) is 0 Å². The fourth-order valence-corrected chi connectivity index (χ4v) is 1.89. The summed E-state index contributed by atoms with van der Waals surface area (Å²) in [6, 6.07) is 4.92. The molecule has 94 valence electrons. The topological polar surface area (TPSA) is 95.3 Å². The molecule has 1 saturated carbocycles. The third-order valence-electron chi connectivity index (χ3n) is 3.32. The van der Waals surface area contributed by atoms with E-state index in [2.05, 4.69) is 10.3 Å². The second kappa shape index (κ2) is 3.71. The molecule has 1 aliphatic rings. The normalized spacial score (nSPS) is 16.7. The second-order valence-electron chi connectivity index (χ2n) is 4.62. The molecule has 6 heteroatoms. The molecule has 1 aromatic heterocycles. The number of hydrogen-bond acceptors (Lipinski definition) is 4. The van der Waals surface area contributed by atoms with Crippen molar-refractivity contribution in [1.29, 1.82) is 0 Å². The zero-order valence-electron chi connectivity index (χ0n) is 9.53. The van der Waals surface area contributed by atoms with Crippen molar-refractivity contribution in [2.45, 2.75) is 12.8 Å². The Kier molecular flexibility index (Phi) is 2.27. The van der Waals surface area contributed by atoms with Gasteiger partial charge in [0.05, 0.1) is 17.5 Å². The van der Waals surface area contributed by atoms with E-state index in [0.29, 0.717) is 29.6 Å². The second-order valence-corrected chi connectivity index (χ2v) is 4.62. The summed E-state index contributed by atoms with van der Waals surface area (Å²) in [5, 5.41) is 11.9. The van der Waals surface area contributed by atoms with Crippen LogP contribution in [0.25, 0.3) is 11.1 Å². The maximum Gasteiger partial charge on any atom is 0.417 e. The van der Waals surface area contributed by atoms with Crippen molar-refractivity contribution >= 4 is 22.7 Å². The first-order chi connectivity index (χ1) is 8.63. The van der Waals surface area contributed by atoms with Crippen LogP contribution in [0.15, 0.2) is 27.4 Å². The fourth-order valence-electron chi connectivity index (χ4n) is 1.89. The van der Waals surface area contributed by atoms with Gasteiger partial charge in [-0.3, -0.25) is 9.78 Å². The molecule has 1 fully saturated rings. The lowest BCUT2D eigenvalue weighted by molar-refractivity contribution is -0.122. The Morgan fingerprint density at radius 3 is 2.94 bits per heavy atom. The summed E-state index contributed by atoms with van der Waals surface area (Å²) in [7, 11) is 0. The van der Waals surface area contributed by atoms with E-state index in [-0.39, 0.29) is 12.5 Å². The quantitative estimate of drug-likeness (QED) is 0.749. The van der Waals surface area contributed by atoms with Crippen molar-refractivity contribution in [3.05, 3.63) is 28.7 Å². The highest BCUT2D eigenvalue weighted by atomic mass is 16.4. The number of oxazole rings is 1. The minimum atomic E-state index is -0.617. The molecule has 0 saturated heterocycles. The molecule has 0 spiro atoms. The lowest BCUT2D eigenvalue weighted by Crippen LogP contribution is -2.27. The van der Waals surface area contributed by atoms with Gasteiger partial charge < -0.3 is 14.8 Å². The number of aromatic nitrogens is 1. The zero-order chi connectivity index (χ0) is 12.8. The zero-order valence-corrected chi connectivity index (χ0v) is 9.53. The molecule has 0 unspecified atom stereocenters. The molecule has 1 amide bonds. The van der Waals surface area contributed by atoms with Gasteiger partial charge in [-0.2, -0.15) is 0 Å². The van der Waals surface area contributed by atoms with Gasteiger partial charge in [0, 0.05) is 11.8 Å². The average Bonchev–Trinajstić information content (AvgIpc) is 3.06. The smallest absolute Gasteiger partial charge is 0.408 e. The van der Waals surface area contributed by atoms with Crippen molar-refractivity contribution in [2.24, 2.45) is 5.41 Å². The molecular formula is C12H12N2O4. The van der Waals surface area contributed by atoms with E-state index in [4.69, 9.17) is 9.52 Å². The Morgan fingerprint density at radius 1 is 1.50 bits per heavy atom. The molecule has 3 rings (SSSR count). The van der Waals surface area contributed by atoms with Crippen LogP contribution in [0.2, 0.25) is 0 Å². The molecular weight excluding hydrogens is 236 g/mol. The summed E-state index contributed by atoms with van der Waals surface area (Å²) in [5.41, 5.74) is 0.913. The minimum absolute atomic E-state index is 0.139. The Labute approximate surface area is 102 Å². The Morgan fingerprint density at radius 2 is 2.28 bits per heavy atom. The number of aliphatic hydroxyl groups is 1. The van der Waals surface area contributed by atoms with Crippen molar-refractivity contribution in [3.8, 4) is 0 Å². The first-order valence-electron chi connectivity index (χ1n) is 5.68. The van der Waals surface area contributed by atoms with Crippen molar-refractivity contribution in [3.63, 3.8) is 0 Å². The maximum atomic E-state index is 11.9. The van der Waals surface area contributed by atoms with Crippen molar-refractivity contribution < 1.29 is 14.3 Å². The first kappa shape index (κ1) is 11.0. The van der Waals surface area contributed by atoms with Gasteiger partial charge in [-0.1, -0.05) is 0 Å². The standard InChI is InChI=1S/C12H12N2O4/c15-6-12(3-4-12)10(16)13-7-1-2-8-9(5-7)18-11(17)14-8/h1-2,5,15H,3-4,6H2,(H,13,16)(H,14,17). The highest BCUT2D eigenvalue weighted by molar-refractivity contribution is 5.98. The van der Waals surface area contributed by atoms with E-state index < -0.39 is 11.2 Å². The van der Waals surface area contributed by atoms with Crippen LogP contribution in [0.5, 0.6) is 0 Å². The van der Waals surface area contributed by atoms with Gasteiger partial charge >= 0.3 is 5.76 Å². The number of aromatic amines is 1. The molecule has 18 heavy (non-hydrogen) atoms. The van der Waals surface area contributed by atoms with Gasteiger partial charge in [-0.15, -0.1) is 0 Å². The molecule has 0 radical (unpaired) electrons. The van der Waals surface area contributed by atoms with Crippen LogP contribution in [0.4, 0.5) is 5.69 Å². The summed E-state index contributed by atoms with van der Waals surface area (Å²) in [5.74, 6) is -0.718. The van der Waals surface area contributed by atoms with E-state index in [9.17, 15) is 9.59 Å². The summed E-state index contributed by atoms with van der Waals surface area (Å²) in [4.78, 5) is 25.4. The number of carbonyl (C=O) groups is 1. The van der Waals surface area contributed by atoms with Crippen LogP contribution in [0, 0.1) is 5.41 Å². The van der Waals surface area contributed by atoms with E-state index in [1.807, 2.05) is 0 Å². The number of benzene rings is 1. The van der Waals surface area contributed by atoms with E-state index >= 15 is 0 Å². The molecule has 0 bridgehead atoms. The van der Waals surface area contributed by atoms with E-state index in [1.54, 1.807) is 18.2 Å². The van der Waals surface area contributed by atoms with Crippen molar-refractivity contribution in [2.75, 3.05) is 11.9 Å². The lowest BCUT2D eigenvalue weighted by Gasteiger charge is -2.11. The monoisotopic (exact) mass is 248 g/mol. The molecule has 1 aromatic carbocycles. The third-order valence-corrected chi connectivity index (χ3v) is 3.32. The molecule has 1 heterocycles. The number of H-pyrrole nitrogens is 1. The Bertz CT molecular complexity index is 666. The van der Waals surface area contributed by atoms with E-state index in [0.717, 1.165) is 0 Å². The molecule has 1 aliphatic carbocycles. The van der Waals surface area contributed by atoms with Crippen LogP contribution < -0.4 is 11.1 Å². The summed E-state index contributed by atoms with van der Waals surface area (Å²) < 4.78 is 4.91. The first-order valence-corrected chi connectivity index (χ1v) is 5.68. The molecule has 0 atom stereocenters. The third kappa shape index (κ3) is 1.70. The molecule has 6 nitrogen and oxygen atoms in total. The number of hydrogen-bond donors (Lipinski definition) is 3. The fraction of sp³-hybridized carbons (Fsp3) is 0.333. The van der Waals surface area contributed by atoms with Crippen molar-refractivity contribution in [1.82, 2.24) is 4.98 Å². The van der Waals surface area contributed by atoms with Gasteiger partial charge in [-0.25, -0.2) is 4.79 Å². The summed E-state index contributed by atoms with van der Waals surface area (Å²) >= 11 is 0. The summed E-state index contributed by atoms with van der Waals surface area (Å²) in [6.07, 6.45) is 1.41. The van der Waals surface area contributed by atoms with Crippen LogP contribution in [-0.2, 0) is 4.79 Å². The predicted octanol–water partition coefficient (Wildman–Crippen LogP) is 0.832. The number of aliphatic hydroxyl groups excluding tert-OH is 1. The van der Waals surface area contributed by atoms with Gasteiger partial charge in [0.1, 0.15) is 0 Å². The molecule has 0 aliphatic heterocycles. The largest absolute Gasteiger partial charge is 0.417 e. The van der Waals surface area contributed by atoms with Crippen LogP contribution in [-0.4, -0.2) is 22.6 Å². The number of amides is 1. The highest BCUT2D eigenvalue weighted by Crippen LogP contribution is 2.45. The van der Waals surface area contributed by atoms with Gasteiger partial charge in [0.15, 0.2) is 5.58 Å². The Hall–Kier alpha value is -2.08. The SMILES string of the molecule is O=C(Nc1ccc2[nH]c(=O)oc2c1)C1(CO)CC1. The number of anilines is 1. The highest BCUT2D eigenvalue weighted by Gasteiger charge is 2.49. The average molecular weight is 248 g/mol. The lowest BCUT2D eigenvalue weighted by atomic mass is 10.1. The van der Waals surface area contributed by atoms with Crippen LogP contribution >= 0.6 is 0 Å². The molecule has 3 N–H and O–H groups in total. The summed E-state index contributed by atoms with van der Waals surface area (Å²) in [6.45, 7) is -0.139. The number of fused-ring (bicyclic) bond motifs is 1. The predicted molar refractivity (Wildman–Crippen MR) is 64.2 cm³/mol.